The molecule has 46 heavy (non-hydrogen) atoms. The van der Waals surface area contributed by atoms with Gasteiger partial charge in [0.2, 0.25) is 23.6 Å². The van der Waals surface area contributed by atoms with Gasteiger partial charge in [0.25, 0.3) is 0 Å². The molecular weight excluding hydrogens is 576 g/mol. The lowest BCUT2D eigenvalue weighted by atomic mass is 9.73. The highest BCUT2D eigenvalue weighted by atomic mass is 16.2. The third-order valence-electron chi connectivity index (χ3n) is 13.5. The van der Waals surface area contributed by atoms with Crippen LogP contribution in [0, 0.1) is 35.5 Å². The number of hydrogen-bond acceptors (Lipinski definition) is 6. The van der Waals surface area contributed by atoms with Crippen molar-refractivity contribution in [1.29, 1.82) is 0 Å². The molecule has 0 aliphatic carbocycles. The zero-order valence-corrected chi connectivity index (χ0v) is 31.7. The fourth-order valence-corrected chi connectivity index (χ4v) is 9.96. The van der Waals surface area contributed by atoms with Gasteiger partial charge in [-0.25, -0.2) is 0 Å². The lowest BCUT2D eigenvalue weighted by molar-refractivity contribution is -0.150. The van der Waals surface area contributed by atoms with Gasteiger partial charge >= 0.3 is 0 Å². The van der Waals surface area contributed by atoms with E-state index in [9.17, 15) is 19.2 Å². The van der Waals surface area contributed by atoms with Gasteiger partial charge in [-0.3, -0.25) is 38.8 Å². The molecule has 6 atom stereocenters. The maximum atomic E-state index is 14.6. The molecule has 0 aromatic carbocycles. The van der Waals surface area contributed by atoms with E-state index in [0.29, 0.717) is 25.2 Å². The first-order valence-corrected chi connectivity index (χ1v) is 18.2. The number of imide groups is 2. The molecule has 8 heteroatoms. The Hall–Kier alpha value is -1.80. The molecule has 4 amide bonds. The monoisotopic (exact) mass is 643 g/mol. The van der Waals surface area contributed by atoms with Gasteiger partial charge in [-0.2, -0.15) is 0 Å². The summed E-state index contributed by atoms with van der Waals surface area (Å²) >= 11 is 0. The molecule has 0 radical (unpaired) electrons. The fraction of sp³-hybridized carbons (Fsp3) is 0.895. The summed E-state index contributed by atoms with van der Waals surface area (Å²) in [6.07, 6.45) is 5.76. The summed E-state index contributed by atoms with van der Waals surface area (Å²) in [5.41, 5.74) is -0.622. The van der Waals surface area contributed by atoms with E-state index < -0.39 is 17.8 Å². The highest BCUT2D eigenvalue weighted by Gasteiger charge is 2.58. The van der Waals surface area contributed by atoms with E-state index in [-0.39, 0.29) is 69.7 Å². The molecule has 4 aliphatic rings. The van der Waals surface area contributed by atoms with Crippen LogP contribution in [0.2, 0.25) is 0 Å². The summed E-state index contributed by atoms with van der Waals surface area (Å²) in [6.45, 7) is 25.9. The Morgan fingerprint density at radius 1 is 0.609 bits per heavy atom. The van der Waals surface area contributed by atoms with Crippen LogP contribution in [0.4, 0.5) is 0 Å². The summed E-state index contributed by atoms with van der Waals surface area (Å²) < 4.78 is 0. The van der Waals surface area contributed by atoms with Crippen molar-refractivity contribution in [3.63, 3.8) is 0 Å². The van der Waals surface area contributed by atoms with Gasteiger partial charge in [-0.15, -0.1) is 0 Å². The second-order valence-corrected chi connectivity index (χ2v) is 18.3. The minimum Gasteiger partial charge on any atom is -0.296 e. The molecule has 8 nitrogen and oxygen atoms in total. The second-order valence-electron chi connectivity index (χ2n) is 18.3. The average molecular weight is 643 g/mol. The first kappa shape index (κ1) is 37.0. The zero-order chi connectivity index (χ0) is 34.9. The van der Waals surface area contributed by atoms with E-state index in [1.54, 1.807) is 9.80 Å². The topological polar surface area (TPSA) is 81.2 Å². The maximum absolute atomic E-state index is 14.6. The highest BCUT2D eigenvalue weighted by Crippen LogP contribution is 2.48. The molecule has 4 fully saturated rings. The largest absolute Gasteiger partial charge is 0.296 e. The Bertz CT molecular complexity index is 1170. The van der Waals surface area contributed by atoms with Crippen LogP contribution in [-0.4, -0.2) is 91.6 Å². The van der Waals surface area contributed by atoms with Crippen LogP contribution in [0.25, 0.3) is 0 Å². The van der Waals surface area contributed by atoms with E-state index in [4.69, 9.17) is 0 Å². The van der Waals surface area contributed by atoms with E-state index in [1.807, 2.05) is 6.92 Å². The number of likely N-dealkylation sites (tertiary alicyclic amines) is 4. The Labute approximate surface area is 280 Å². The van der Waals surface area contributed by atoms with Gasteiger partial charge in [-0.1, -0.05) is 40.5 Å². The molecule has 4 aliphatic heterocycles. The molecule has 0 N–H and O–H groups in total. The Morgan fingerprint density at radius 2 is 1.00 bits per heavy atom. The van der Waals surface area contributed by atoms with Crippen LogP contribution >= 0.6 is 0 Å². The van der Waals surface area contributed by atoms with Crippen LogP contribution in [0.5, 0.6) is 0 Å². The number of rotatable bonds is 9. The molecule has 262 valence electrons. The third-order valence-corrected chi connectivity index (χ3v) is 13.5. The summed E-state index contributed by atoms with van der Waals surface area (Å²) in [6, 6.07) is -0.295. The van der Waals surface area contributed by atoms with Crippen LogP contribution in [-0.2, 0) is 19.2 Å². The molecule has 4 rings (SSSR count). The van der Waals surface area contributed by atoms with Gasteiger partial charge in [-0.05, 0) is 120 Å². The smallest absolute Gasteiger partial charge is 0.233 e. The van der Waals surface area contributed by atoms with Crippen molar-refractivity contribution in [2.24, 2.45) is 35.5 Å². The Balaban J connectivity index is 1.63. The molecule has 4 saturated heterocycles. The number of carbonyl (C=O) groups excluding carboxylic acids is 4. The molecule has 0 spiro atoms. The lowest BCUT2D eigenvalue weighted by Crippen LogP contribution is -2.63. The average Bonchev–Trinajstić information content (AvgIpc) is 3.30. The number of amides is 4. The zero-order valence-electron chi connectivity index (χ0n) is 31.7. The van der Waals surface area contributed by atoms with E-state index in [2.05, 4.69) is 100 Å². The quantitative estimate of drug-likeness (QED) is 0.272. The minimum atomic E-state index is -0.467. The molecule has 0 aromatic rings. The van der Waals surface area contributed by atoms with Crippen molar-refractivity contribution >= 4 is 23.6 Å². The number of piperidine rings is 2. The van der Waals surface area contributed by atoms with Crippen molar-refractivity contribution in [1.82, 2.24) is 19.6 Å². The minimum absolute atomic E-state index is 0.0193. The van der Waals surface area contributed by atoms with Crippen LogP contribution in [0.1, 0.15) is 134 Å². The SMILES string of the molecule is CCC(C)CC1C(=O)N(C2CC(C)(C)N(C)C(C)(C)C2)C(=O)C1C(CC)CC1C(=O)N(C2CC(C)(C)N(C)C(C)(C)C2)C(=O)C1C. The number of carbonyl (C=O) groups is 4. The first-order chi connectivity index (χ1) is 21.0. The van der Waals surface area contributed by atoms with Gasteiger partial charge < -0.3 is 0 Å². The van der Waals surface area contributed by atoms with Gasteiger partial charge in [0.05, 0.1) is 17.8 Å². The maximum Gasteiger partial charge on any atom is 0.233 e. The van der Waals surface area contributed by atoms with E-state index >= 15 is 0 Å². The fourth-order valence-electron chi connectivity index (χ4n) is 9.96. The van der Waals surface area contributed by atoms with Gasteiger partial charge in [0.1, 0.15) is 0 Å². The van der Waals surface area contributed by atoms with Gasteiger partial charge in [0, 0.05) is 40.2 Å². The molecule has 4 heterocycles. The van der Waals surface area contributed by atoms with Crippen molar-refractivity contribution in [3.05, 3.63) is 0 Å². The highest BCUT2D eigenvalue weighted by molar-refractivity contribution is 6.06. The van der Waals surface area contributed by atoms with Gasteiger partial charge in [0.15, 0.2) is 0 Å². The lowest BCUT2D eigenvalue weighted by Gasteiger charge is -2.55. The summed E-state index contributed by atoms with van der Waals surface area (Å²) in [4.78, 5) is 65.1. The molecule has 0 saturated carbocycles. The van der Waals surface area contributed by atoms with E-state index in [0.717, 1.165) is 32.1 Å². The molecular formula is C38H66N4O4. The predicted octanol–water partition coefficient (Wildman–Crippen LogP) is 6.36. The summed E-state index contributed by atoms with van der Waals surface area (Å²) in [7, 11) is 4.27. The molecule has 0 aromatic heterocycles. The molecule has 0 bridgehead atoms. The Kier molecular flexibility index (Phi) is 10.1. The van der Waals surface area contributed by atoms with Crippen LogP contribution in [0.3, 0.4) is 0 Å². The number of nitrogens with zero attached hydrogens (tertiary/aromatic N) is 4. The van der Waals surface area contributed by atoms with Crippen molar-refractivity contribution in [3.8, 4) is 0 Å². The summed E-state index contributed by atoms with van der Waals surface area (Å²) in [5.74, 6) is -1.79. The predicted molar refractivity (Wildman–Crippen MR) is 184 cm³/mol. The van der Waals surface area contributed by atoms with Crippen molar-refractivity contribution < 1.29 is 19.2 Å². The number of hydrogen-bond donors (Lipinski definition) is 0. The van der Waals surface area contributed by atoms with E-state index in [1.165, 1.54) is 0 Å². The van der Waals surface area contributed by atoms with Crippen LogP contribution in [0.15, 0.2) is 0 Å². The molecule has 6 unspecified atom stereocenters. The Morgan fingerprint density at radius 3 is 1.39 bits per heavy atom. The normalized spacial score (nSPS) is 33.7. The third kappa shape index (κ3) is 6.35. The van der Waals surface area contributed by atoms with Crippen LogP contribution < -0.4 is 0 Å². The van der Waals surface area contributed by atoms with Crippen molar-refractivity contribution in [2.45, 2.75) is 169 Å². The summed E-state index contributed by atoms with van der Waals surface area (Å²) in [5, 5.41) is 0. The van der Waals surface area contributed by atoms with Crippen molar-refractivity contribution in [2.75, 3.05) is 14.1 Å². The second kappa shape index (κ2) is 12.6. The standard InChI is InChI=1S/C38H66N4O4/c1-15-23(3)17-29-30(34(46)42(33(29)45)27-21-37(9,10)40(14)38(11,12)22-27)25(16-2)18-28-24(4)31(43)41(32(28)44)26-19-35(5,6)39(13)36(7,8)20-26/h23-30H,15-22H2,1-14H3. The first-order valence-electron chi connectivity index (χ1n) is 18.2.